The first-order valence-corrected chi connectivity index (χ1v) is 7.40. The minimum Gasteiger partial charge on any atom is -0.508 e. The van der Waals surface area contributed by atoms with Crippen molar-refractivity contribution in [3.8, 4) is 5.75 Å². The van der Waals surface area contributed by atoms with Crippen LogP contribution in [0.1, 0.15) is 37.5 Å². The summed E-state index contributed by atoms with van der Waals surface area (Å²) in [5.41, 5.74) is 0.827. The van der Waals surface area contributed by atoms with Crippen molar-refractivity contribution in [3.05, 3.63) is 28.2 Å². The molecule has 3 atom stereocenters. The van der Waals surface area contributed by atoms with Gasteiger partial charge in [-0.2, -0.15) is 0 Å². The summed E-state index contributed by atoms with van der Waals surface area (Å²) in [5.74, 6) is 0.939. The number of fused-ring (bicyclic) bond motifs is 1. The fourth-order valence-corrected chi connectivity index (χ4v) is 3.37. The van der Waals surface area contributed by atoms with Crippen molar-refractivity contribution in [3.63, 3.8) is 0 Å². The van der Waals surface area contributed by atoms with Crippen molar-refractivity contribution in [1.29, 1.82) is 0 Å². The molecular formula is C14H18BrNO2. The molecule has 1 saturated carbocycles. The van der Waals surface area contributed by atoms with Crippen LogP contribution in [-0.2, 0) is 4.74 Å². The number of phenolic OH excluding ortho intramolecular Hbond substituents is 1. The Morgan fingerprint density at radius 2 is 2.11 bits per heavy atom. The van der Waals surface area contributed by atoms with Gasteiger partial charge in [-0.25, -0.2) is 0 Å². The van der Waals surface area contributed by atoms with E-state index in [4.69, 9.17) is 4.74 Å². The molecule has 2 N–H and O–H groups in total. The number of nitrogens with one attached hydrogen (secondary N) is 1. The van der Waals surface area contributed by atoms with E-state index in [2.05, 4.69) is 21.2 Å². The highest BCUT2D eigenvalue weighted by molar-refractivity contribution is 9.10. The van der Waals surface area contributed by atoms with Crippen LogP contribution in [-0.4, -0.2) is 17.8 Å². The number of halogens is 1. The van der Waals surface area contributed by atoms with Crippen molar-refractivity contribution < 1.29 is 9.84 Å². The first-order chi connectivity index (χ1) is 8.74. The molecule has 2 aliphatic rings. The largest absolute Gasteiger partial charge is 0.508 e. The minimum absolute atomic E-state index is 0.179. The van der Waals surface area contributed by atoms with Crippen LogP contribution in [0.4, 0.5) is 0 Å². The van der Waals surface area contributed by atoms with Gasteiger partial charge in [-0.3, -0.25) is 5.32 Å². The normalized spacial score (nSPS) is 31.9. The zero-order valence-electron chi connectivity index (χ0n) is 10.2. The lowest BCUT2D eigenvalue weighted by Gasteiger charge is -2.40. The minimum atomic E-state index is -0.179. The molecule has 1 aromatic rings. The van der Waals surface area contributed by atoms with Crippen molar-refractivity contribution >= 4 is 15.9 Å². The summed E-state index contributed by atoms with van der Waals surface area (Å²) < 4.78 is 7.08. The molecule has 3 rings (SSSR count). The average molecular weight is 312 g/mol. The van der Waals surface area contributed by atoms with Gasteiger partial charge in [0.1, 0.15) is 12.0 Å². The van der Waals surface area contributed by atoms with Gasteiger partial charge in [-0.1, -0.05) is 28.8 Å². The van der Waals surface area contributed by atoms with E-state index in [1.165, 1.54) is 19.3 Å². The Labute approximate surface area is 116 Å². The Morgan fingerprint density at radius 1 is 1.28 bits per heavy atom. The van der Waals surface area contributed by atoms with Crippen molar-refractivity contribution in [2.75, 3.05) is 6.54 Å². The highest BCUT2D eigenvalue weighted by Crippen LogP contribution is 2.36. The van der Waals surface area contributed by atoms with Gasteiger partial charge >= 0.3 is 0 Å². The van der Waals surface area contributed by atoms with E-state index < -0.39 is 0 Å². The van der Waals surface area contributed by atoms with Crippen molar-refractivity contribution in [2.24, 2.45) is 5.92 Å². The Hall–Kier alpha value is -0.580. The van der Waals surface area contributed by atoms with Gasteiger partial charge < -0.3 is 9.84 Å². The first kappa shape index (κ1) is 12.5. The smallest absolute Gasteiger partial charge is 0.138 e. The number of rotatable bonds is 1. The maximum absolute atomic E-state index is 9.94. The second-order valence-electron chi connectivity index (χ2n) is 5.21. The van der Waals surface area contributed by atoms with E-state index in [1.54, 1.807) is 6.07 Å². The molecule has 0 spiro atoms. The maximum Gasteiger partial charge on any atom is 0.138 e. The SMILES string of the molecule is Oc1ccc(Br)cc1C1NC[C@@H]2CCCC[C@@H]2O1. The molecule has 0 radical (unpaired) electrons. The van der Waals surface area contributed by atoms with Crippen LogP contribution < -0.4 is 5.32 Å². The fourth-order valence-electron chi connectivity index (χ4n) is 2.99. The molecule has 1 unspecified atom stereocenters. The maximum atomic E-state index is 9.94. The van der Waals surface area contributed by atoms with E-state index in [-0.39, 0.29) is 6.23 Å². The summed E-state index contributed by atoms with van der Waals surface area (Å²) in [7, 11) is 0. The van der Waals surface area contributed by atoms with E-state index in [0.29, 0.717) is 17.8 Å². The quantitative estimate of drug-likeness (QED) is 0.836. The van der Waals surface area contributed by atoms with E-state index in [9.17, 15) is 5.11 Å². The van der Waals surface area contributed by atoms with E-state index in [0.717, 1.165) is 23.0 Å². The zero-order chi connectivity index (χ0) is 12.5. The number of aromatic hydroxyl groups is 1. The predicted octanol–water partition coefficient (Wildman–Crippen LogP) is 3.33. The third kappa shape index (κ3) is 2.42. The van der Waals surface area contributed by atoms with Crippen LogP contribution in [0, 0.1) is 5.92 Å². The lowest BCUT2D eigenvalue weighted by Crippen LogP contribution is -2.45. The molecule has 18 heavy (non-hydrogen) atoms. The van der Waals surface area contributed by atoms with Crippen molar-refractivity contribution in [1.82, 2.24) is 5.32 Å². The average Bonchev–Trinajstić information content (AvgIpc) is 2.41. The number of hydrogen-bond donors (Lipinski definition) is 2. The lowest BCUT2D eigenvalue weighted by molar-refractivity contribution is -0.110. The Morgan fingerprint density at radius 3 is 3.00 bits per heavy atom. The summed E-state index contributed by atoms with van der Waals surface area (Å²) in [5, 5.41) is 13.3. The number of benzene rings is 1. The van der Waals surface area contributed by atoms with Gasteiger partial charge in [0.2, 0.25) is 0 Å². The molecule has 1 aliphatic carbocycles. The van der Waals surface area contributed by atoms with Crippen LogP contribution in [0.2, 0.25) is 0 Å². The Kier molecular flexibility index (Phi) is 3.59. The van der Waals surface area contributed by atoms with Crippen LogP contribution in [0.3, 0.4) is 0 Å². The third-order valence-electron chi connectivity index (χ3n) is 3.99. The van der Waals surface area contributed by atoms with Crippen molar-refractivity contribution in [2.45, 2.75) is 38.0 Å². The lowest BCUT2D eigenvalue weighted by atomic mass is 9.85. The first-order valence-electron chi connectivity index (χ1n) is 6.61. The van der Waals surface area contributed by atoms with E-state index >= 15 is 0 Å². The molecule has 0 bridgehead atoms. The number of phenols is 1. The molecule has 0 amide bonds. The Bertz CT molecular complexity index is 438. The molecule has 0 aromatic heterocycles. The third-order valence-corrected chi connectivity index (χ3v) is 4.48. The highest BCUT2D eigenvalue weighted by Gasteiger charge is 2.34. The monoisotopic (exact) mass is 311 g/mol. The summed E-state index contributed by atoms with van der Waals surface area (Å²) in [6.07, 6.45) is 5.16. The van der Waals surface area contributed by atoms with Gasteiger partial charge in [0.15, 0.2) is 0 Å². The second kappa shape index (κ2) is 5.19. The van der Waals surface area contributed by atoms with Crippen LogP contribution in [0.5, 0.6) is 5.75 Å². The molecule has 4 heteroatoms. The topological polar surface area (TPSA) is 41.5 Å². The second-order valence-corrected chi connectivity index (χ2v) is 6.13. The van der Waals surface area contributed by atoms with Crippen LogP contribution in [0.25, 0.3) is 0 Å². The predicted molar refractivity (Wildman–Crippen MR) is 73.4 cm³/mol. The number of hydrogen-bond acceptors (Lipinski definition) is 3. The fraction of sp³-hybridized carbons (Fsp3) is 0.571. The number of ether oxygens (including phenoxy) is 1. The molecule has 2 fully saturated rings. The molecule has 1 aromatic carbocycles. The Balaban J connectivity index is 1.79. The molecule has 1 heterocycles. The molecule has 3 nitrogen and oxygen atoms in total. The van der Waals surface area contributed by atoms with Gasteiger partial charge in [-0.05, 0) is 37.0 Å². The van der Waals surface area contributed by atoms with Crippen LogP contribution >= 0.6 is 15.9 Å². The van der Waals surface area contributed by atoms with E-state index in [1.807, 2.05) is 12.1 Å². The summed E-state index contributed by atoms with van der Waals surface area (Å²) in [4.78, 5) is 0. The van der Waals surface area contributed by atoms with Crippen LogP contribution in [0.15, 0.2) is 22.7 Å². The van der Waals surface area contributed by atoms with Gasteiger partial charge in [0, 0.05) is 16.6 Å². The summed E-state index contributed by atoms with van der Waals surface area (Å²) in [6, 6.07) is 5.47. The molecule has 1 saturated heterocycles. The summed E-state index contributed by atoms with van der Waals surface area (Å²) in [6.45, 7) is 0.987. The zero-order valence-corrected chi connectivity index (χ0v) is 11.8. The highest BCUT2D eigenvalue weighted by atomic mass is 79.9. The molecule has 98 valence electrons. The molecular weight excluding hydrogens is 294 g/mol. The molecule has 1 aliphatic heterocycles. The van der Waals surface area contributed by atoms with Gasteiger partial charge in [-0.15, -0.1) is 0 Å². The standard InChI is InChI=1S/C14H18BrNO2/c15-10-5-6-12(17)11(7-10)14-16-8-9-3-1-2-4-13(9)18-14/h5-7,9,13-14,16-17H,1-4,8H2/t9-,13-,14?/m0/s1. The summed E-state index contributed by atoms with van der Waals surface area (Å²) >= 11 is 3.44. The van der Waals surface area contributed by atoms with Gasteiger partial charge in [0.05, 0.1) is 6.10 Å². The van der Waals surface area contributed by atoms with Gasteiger partial charge in [0.25, 0.3) is 0 Å².